The van der Waals surface area contributed by atoms with Crippen molar-refractivity contribution in [1.82, 2.24) is 20.7 Å². The summed E-state index contributed by atoms with van der Waals surface area (Å²) in [5, 5.41) is 10.4. The van der Waals surface area contributed by atoms with Crippen molar-refractivity contribution in [2.24, 2.45) is 35.0 Å². The van der Waals surface area contributed by atoms with Gasteiger partial charge in [-0.3, -0.25) is 9.59 Å². The Kier molecular flexibility index (Phi) is 6.83. The van der Waals surface area contributed by atoms with Gasteiger partial charge in [0.2, 0.25) is 11.8 Å². The van der Waals surface area contributed by atoms with Gasteiger partial charge in [0.25, 0.3) is 0 Å². The topological polar surface area (TPSA) is 87.5 Å². The molecular weight excluding hydrogens is 428 g/mol. The highest BCUT2D eigenvalue weighted by Crippen LogP contribution is 2.72. The third-order valence-corrected chi connectivity index (χ3v) is 8.51. The molecule has 1 aliphatic heterocycles. The SMILES string of the molecule is CC(C)Cc1cc(CNC(=O)[C@H]2[C@H](C(=O)NCCCCN3CCCC3)[C@H]3C=C[C@@H]2C32CC2)no1. The van der Waals surface area contributed by atoms with Gasteiger partial charge in [0, 0.05) is 19.0 Å². The summed E-state index contributed by atoms with van der Waals surface area (Å²) in [7, 11) is 0. The summed E-state index contributed by atoms with van der Waals surface area (Å²) >= 11 is 0. The average Bonchev–Trinajstić information content (AvgIpc) is 3.13. The van der Waals surface area contributed by atoms with Gasteiger partial charge in [0.15, 0.2) is 0 Å². The molecule has 7 nitrogen and oxygen atoms in total. The van der Waals surface area contributed by atoms with Crippen molar-refractivity contribution in [3.05, 3.63) is 29.7 Å². The maximum absolute atomic E-state index is 13.4. The van der Waals surface area contributed by atoms with Crippen molar-refractivity contribution in [2.45, 2.75) is 65.3 Å². The fourth-order valence-electron chi connectivity index (χ4n) is 6.74. The molecule has 1 aromatic rings. The van der Waals surface area contributed by atoms with Crippen LogP contribution < -0.4 is 10.6 Å². The molecule has 34 heavy (non-hydrogen) atoms. The van der Waals surface area contributed by atoms with Crippen LogP contribution in [0.25, 0.3) is 0 Å². The third kappa shape index (κ3) is 4.68. The van der Waals surface area contributed by atoms with E-state index >= 15 is 0 Å². The summed E-state index contributed by atoms with van der Waals surface area (Å²) in [6, 6.07) is 1.93. The second kappa shape index (κ2) is 9.84. The predicted molar refractivity (Wildman–Crippen MR) is 130 cm³/mol. The average molecular weight is 469 g/mol. The molecule has 4 aliphatic rings. The molecule has 0 unspecified atom stereocenters. The van der Waals surface area contributed by atoms with E-state index in [1.54, 1.807) is 0 Å². The largest absolute Gasteiger partial charge is 0.361 e. The van der Waals surface area contributed by atoms with Crippen LogP contribution >= 0.6 is 0 Å². The van der Waals surface area contributed by atoms with Crippen LogP contribution in [0.4, 0.5) is 0 Å². The number of amides is 2. The molecule has 3 fully saturated rings. The Labute approximate surface area is 203 Å². The van der Waals surface area contributed by atoms with Crippen LogP contribution in [0.15, 0.2) is 22.7 Å². The maximum Gasteiger partial charge on any atom is 0.224 e. The lowest BCUT2D eigenvalue weighted by Gasteiger charge is -2.26. The monoisotopic (exact) mass is 468 g/mol. The quantitative estimate of drug-likeness (QED) is 0.384. The Morgan fingerprint density at radius 3 is 2.41 bits per heavy atom. The van der Waals surface area contributed by atoms with Crippen LogP contribution in [0, 0.1) is 35.0 Å². The Balaban J connectivity index is 1.15. The predicted octanol–water partition coefficient (Wildman–Crippen LogP) is 3.31. The minimum Gasteiger partial charge on any atom is -0.361 e. The van der Waals surface area contributed by atoms with E-state index in [4.69, 9.17) is 4.52 Å². The van der Waals surface area contributed by atoms with Gasteiger partial charge in [0.1, 0.15) is 11.5 Å². The van der Waals surface area contributed by atoms with E-state index in [9.17, 15) is 9.59 Å². The third-order valence-electron chi connectivity index (χ3n) is 8.51. The Bertz CT molecular complexity index is 913. The molecule has 2 saturated carbocycles. The van der Waals surface area contributed by atoms with Gasteiger partial charge in [-0.2, -0.15) is 0 Å². The minimum absolute atomic E-state index is 0.0225. The number of nitrogens with one attached hydrogen (secondary N) is 2. The van der Waals surface area contributed by atoms with E-state index in [1.807, 2.05) is 6.07 Å². The summed E-state index contributed by atoms with van der Waals surface area (Å²) in [5.74, 6) is 1.20. The molecule has 0 aromatic carbocycles. The standard InChI is InChI=1S/C27H40N4O3/c1-18(2)15-20-16-19(30-34-20)17-29-26(33)24-22-8-7-21(27(22)9-10-27)23(24)25(32)28-11-3-4-12-31-13-5-6-14-31/h7-8,16,18,21-24H,3-6,9-15,17H2,1-2H3,(H,28,32)(H,29,33)/t21-,22+,23-,24-/m1/s1. The lowest BCUT2D eigenvalue weighted by molar-refractivity contribution is -0.135. The number of hydrogen-bond acceptors (Lipinski definition) is 5. The second-order valence-electron chi connectivity index (χ2n) is 11.4. The molecule has 0 radical (unpaired) electrons. The van der Waals surface area contributed by atoms with Gasteiger partial charge in [-0.05, 0) is 81.3 Å². The van der Waals surface area contributed by atoms with Gasteiger partial charge in [-0.25, -0.2) is 0 Å². The second-order valence-corrected chi connectivity index (χ2v) is 11.4. The molecule has 3 aliphatic carbocycles. The summed E-state index contributed by atoms with van der Waals surface area (Å²) in [6.45, 7) is 8.88. The van der Waals surface area contributed by atoms with Gasteiger partial charge in [0.05, 0.1) is 18.4 Å². The van der Waals surface area contributed by atoms with E-state index in [2.05, 4.69) is 46.7 Å². The highest BCUT2D eigenvalue weighted by Gasteiger charge is 2.69. The van der Waals surface area contributed by atoms with Crippen LogP contribution in [-0.4, -0.2) is 48.0 Å². The van der Waals surface area contributed by atoms with Gasteiger partial charge in [-0.1, -0.05) is 31.2 Å². The molecule has 1 saturated heterocycles. The molecule has 5 rings (SSSR count). The molecule has 2 heterocycles. The van der Waals surface area contributed by atoms with Crippen LogP contribution in [-0.2, 0) is 22.6 Å². The van der Waals surface area contributed by atoms with E-state index in [0.717, 1.165) is 50.1 Å². The first-order valence-corrected chi connectivity index (χ1v) is 13.4. The smallest absolute Gasteiger partial charge is 0.224 e. The number of carbonyl (C=O) groups is 2. The number of likely N-dealkylation sites (tertiary alicyclic amines) is 1. The van der Waals surface area contributed by atoms with Gasteiger partial charge in [-0.15, -0.1) is 0 Å². The fourth-order valence-corrected chi connectivity index (χ4v) is 6.74. The summed E-state index contributed by atoms with van der Waals surface area (Å²) in [5.41, 5.74) is 0.890. The highest BCUT2D eigenvalue weighted by molar-refractivity contribution is 5.90. The summed E-state index contributed by atoms with van der Waals surface area (Å²) < 4.78 is 5.40. The van der Waals surface area contributed by atoms with Crippen LogP contribution in [0.1, 0.15) is 63.8 Å². The maximum atomic E-state index is 13.4. The van der Waals surface area contributed by atoms with Crippen molar-refractivity contribution in [2.75, 3.05) is 26.2 Å². The number of rotatable bonds is 11. The van der Waals surface area contributed by atoms with E-state index in [1.165, 1.54) is 25.9 Å². The molecule has 1 aromatic heterocycles. The first-order chi connectivity index (χ1) is 16.5. The van der Waals surface area contributed by atoms with Crippen molar-refractivity contribution >= 4 is 11.8 Å². The lowest BCUT2D eigenvalue weighted by Crippen LogP contribution is -2.44. The molecule has 2 bridgehead atoms. The van der Waals surface area contributed by atoms with Crippen molar-refractivity contribution < 1.29 is 14.1 Å². The lowest BCUT2D eigenvalue weighted by atomic mass is 9.81. The molecule has 4 atom stereocenters. The zero-order valence-corrected chi connectivity index (χ0v) is 20.7. The van der Waals surface area contributed by atoms with E-state index in [0.29, 0.717) is 19.0 Å². The van der Waals surface area contributed by atoms with Crippen molar-refractivity contribution in [1.29, 1.82) is 0 Å². The minimum atomic E-state index is -0.288. The molecule has 186 valence electrons. The number of aromatic nitrogens is 1. The highest BCUT2D eigenvalue weighted by atomic mass is 16.5. The Morgan fingerprint density at radius 1 is 1.09 bits per heavy atom. The molecule has 1 spiro atoms. The zero-order valence-electron chi connectivity index (χ0n) is 20.7. The molecule has 7 heteroatoms. The Morgan fingerprint density at radius 2 is 1.76 bits per heavy atom. The fraction of sp³-hybridized carbons (Fsp3) is 0.741. The molecule has 2 N–H and O–H groups in total. The Hall–Kier alpha value is -2.15. The summed E-state index contributed by atoms with van der Waals surface area (Å²) in [4.78, 5) is 29.2. The first-order valence-electron chi connectivity index (χ1n) is 13.4. The van der Waals surface area contributed by atoms with Gasteiger partial charge >= 0.3 is 0 Å². The number of carbonyl (C=O) groups excluding carboxylic acids is 2. The van der Waals surface area contributed by atoms with Crippen LogP contribution in [0.2, 0.25) is 0 Å². The van der Waals surface area contributed by atoms with Crippen molar-refractivity contribution in [3.63, 3.8) is 0 Å². The molecular formula is C27H40N4O3. The number of unbranched alkanes of at least 4 members (excludes halogenated alkanes) is 1. The number of nitrogens with zero attached hydrogens (tertiary/aromatic N) is 2. The normalized spacial score (nSPS) is 28.8. The van der Waals surface area contributed by atoms with E-state index < -0.39 is 0 Å². The van der Waals surface area contributed by atoms with Crippen molar-refractivity contribution in [3.8, 4) is 0 Å². The van der Waals surface area contributed by atoms with Crippen LogP contribution in [0.3, 0.4) is 0 Å². The number of allylic oxidation sites excluding steroid dienone is 2. The summed E-state index contributed by atoms with van der Waals surface area (Å²) in [6.07, 6.45) is 12.2. The molecule has 2 amide bonds. The first kappa shape index (κ1) is 23.6. The van der Waals surface area contributed by atoms with Gasteiger partial charge < -0.3 is 20.1 Å². The van der Waals surface area contributed by atoms with Crippen LogP contribution in [0.5, 0.6) is 0 Å². The van der Waals surface area contributed by atoms with E-state index in [-0.39, 0.29) is 40.9 Å². The number of hydrogen-bond donors (Lipinski definition) is 2. The zero-order chi connectivity index (χ0) is 23.7.